The summed E-state index contributed by atoms with van der Waals surface area (Å²) < 4.78 is 90.1. The summed E-state index contributed by atoms with van der Waals surface area (Å²) >= 11 is 0. The third kappa shape index (κ3) is 5.48. The average Bonchev–Trinajstić information content (AvgIpc) is 3.68. The van der Waals surface area contributed by atoms with E-state index in [1.807, 2.05) is 0 Å². The average molecular weight is 587 g/mol. The molecule has 2 fully saturated rings. The summed E-state index contributed by atoms with van der Waals surface area (Å²) in [6.07, 6.45) is -4.89. The first kappa shape index (κ1) is 28.2. The number of hydrogen-bond acceptors (Lipinski definition) is 8. The number of furan rings is 1. The minimum atomic E-state index is -4.98. The number of aromatic nitrogens is 3. The second-order valence-electron chi connectivity index (χ2n) is 9.74. The molecule has 0 amide bonds. The van der Waals surface area contributed by atoms with Crippen molar-refractivity contribution in [2.24, 2.45) is 0 Å². The van der Waals surface area contributed by atoms with E-state index >= 15 is 0 Å². The van der Waals surface area contributed by atoms with E-state index in [4.69, 9.17) is 4.42 Å². The number of benzene rings is 1. The van der Waals surface area contributed by atoms with Gasteiger partial charge in [-0.05, 0) is 43.5 Å². The Kier molecular flexibility index (Phi) is 7.45. The Balaban J connectivity index is 1.49. The standard InChI is InChI=1S/C24H26F4N6O5S/c1-14-10-16(13-39-14)22(36)34-23(29-11-15-2-4-17(25)5-3-15)30-21(31-34)19-7-9-33(20(19)24(26,27)28)40(37,38)32-8-6-18(35)12-32/h2-5,10,13,18-20,35H,6-9,11-12H2,1H3,(H,29,30,31). The van der Waals surface area contributed by atoms with Crippen molar-refractivity contribution in [2.75, 3.05) is 25.0 Å². The van der Waals surface area contributed by atoms with Crippen molar-refractivity contribution in [3.63, 3.8) is 0 Å². The van der Waals surface area contributed by atoms with Crippen LogP contribution < -0.4 is 5.32 Å². The van der Waals surface area contributed by atoms with Crippen LogP contribution in [0.4, 0.5) is 23.5 Å². The number of β-amino-alcohol motifs (C(OH)–C–C–N with tert-alkyl or cyclic N) is 1. The normalized spacial score (nSPS) is 22.7. The van der Waals surface area contributed by atoms with Crippen LogP contribution in [-0.4, -0.2) is 80.8 Å². The van der Waals surface area contributed by atoms with Gasteiger partial charge in [-0.25, -0.2) is 4.39 Å². The van der Waals surface area contributed by atoms with E-state index in [0.29, 0.717) is 15.6 Å². The number of anilines is 1. The molecule has 0 saturated carbocycles. The van der Waals surface area contributed by atoms with Crippen LogP contribution in [0.3, 0.4) is 0 Å². The molecule has 2 aromatic heterocycles. The van der Waals surface area contributed by atoms with Gasteiger partial charge in [-0.15, -0.1) is 5.10 Å². The summed E-state index contributed by atoms with van der Waals surface area (Å²) in [5.74, 6) is -2.81. The fourth-order valence-corrected chi connectivity index (χ4v) is 6.84. The molecule has 1 aromatic carbocycles. The number of nitrogens with one attached hydrogen (secondary N) is 1. The van der Waals surface area contributed by atoms with Crippen LogP contribution in [-0.2, 0) is 16.8 Å². The van der Waals surface area contributed by atoms with Crippen LogP contribution in [0.5, 0.6) is 0 Å². The van der Waals surface area contributed by atoms with Crippen molar-refractivity contribution in [2.45, 2.75) is 50.6 Å². The molecule has 4 heterocycles. The van der Waals surface area contributed by atoms with Crippen molar-refractivity contribution >= 4 is 22.1 Å². The molecular formula is C24H26F4N6O5S. The SMILES string of the molecule is Cc1cc(C(=O)n2nc(C3CCN(S(=O)(=O)N4CCC(O)C4)C3C(F)(F)F)nc2NCc2ccc(F)cc2)co1. The quantitative estimate of drug-likeness (QED) is 0.404. The summed E-state index contributed by atoms with van der Waals surface area (Å²) in [4.78, 5) is 17.4. The van der Waals surface area contributed by atoms with Gasteiger partial charge in [0, 0.05) is 32.1 Å². The molecule has 0 spiro atoms. The van der Waals surface area contributed by atoms with E-state index in [0.717, 1.165) is 8.99 Å². The highest BCUT2D eigenvalue weighted by Gasteiger charge is 2.58. The van der Waals surface area contributed by atoms with Crippen molar-refractivity contribution in [1.82, 2.24) is 23.4 Å². The largest absolute Gasteiger partial charge is 0.469 e. The summed E-state index contributed by atoms with van der Waals surface area (Å²) in [6, 6.07) is 4.38. The number of carbonyl (C=O) groups excluding carboxylic acids is 1. The molecule has 2 aliphatic rings. The van der Waals surface area contributed by atoms with Crippen molar-refractivity contribution < 1.29 is 40.3 Å². The molecule has 2 saturated heterocycles. The molecule has 3 unspecified atom stereocenters. The maximum Gasteiger partial charge on any atom is 0.405 e. The first-order chi connectivity index (χ1) is 18.8. The number of aliphatic hydroxyl groups excluding tert-OH is 1. The summed E-state index contributed by atoms with van der Waals surface area (Å²) in [5.41, 5.74) is 0.678. The molecule has 2 N–H and O–H groups in total. The summed E-state index contributed by atoms with van der Waals surface area (Å²) in [6.45, 7) is 0.806. The van der Waals surface area contributed by atoms with Crippen LogP contribution in [0.15, 0.2) is 41.0 Å². The highest BCUT2D eigenvalue weighted by atomic mass is 32.2. The number of aliphatic hydroxyl groups is 1. The molecule has 16 heteroatoms. The third-order valence-electron chi connectivity index (χ3n) is 6.92. The minimum Gasteiger partial charge on any atom is -0.469 e. The van der Waals surface area contributed by atoms with Gasteiger partial charge in [-0.3, -0.25) is 4.79 Å². The highest BCUT2D eigenvalue weighted by molar-refractivity contribution is 7.86. The molecule has 0 bridgehead atoms. The minimum absolute atomic E-state index is 0.0429. The van der Waals surface area contributed by atoms with Crippen molar-refractivity contribution in [1.29, 1.82) is 0 Å². The van der Waals surface area contributed by atoms with E-state index in [1.165, 1.54) is 36.6 Å². The van der Waals surface area contributed by atoms with Gasteiger partial charge >= 0.3 is 6.18 Å². The van der Waals surface area contributed by atoms with Crippen LogP contribution >= 0.6 is 0 Å². The molecule has 0 radical (unpaired) electrons. The summed E-state index contributed by atoms with van der Waals surface area (Å²) in [5, 5.41) is 16.7. The first-order valence-electron chi connectivity index (χ1n) is 12.4. The van der Waals surface area contributed by atoms with Crippen LogP contribution in [0.1, 0.15) is 46.3 Å². The van der Waals surface area contributed by atoms with E-state index in [9.17, 15) is 35.9 Å². The van der Waals surface area contributed by atoms with Gasteiger partial charge in [-0.2, -0.15) is 39.9 Å². The number of carbonyl (C=O) groups is 1. The number of alkyl halides is 3. The Morgan fingerprint density at radius 2 is 1.93 bits per heavy atom. The monoisotopic (exact) mass is 586 g/mol. The lowest BCUT2D eigenvalue weighted by Crippen LogP contribution is -2.51. The van der Waals surface area contributed by atoms with Gasteiger partial charge in [0.15, 0.2) is 5.82 Å². The third-order valence-corrected chi connectivity index (χ3v) is 8.91. The maximum absolute atomic E-state index is 14.4. The number of aryl methyl sites for hydroxylation is 1. The van der Waals surface area contributed by atoms with Crippen LogP contribution in [0.2, 0.25) is 0 Å². The first-order valence-corrected chi connectivity index (χ1v) is 13.8. The van der Waals surface area contributed by atoms with Gasteiger partial charge < -0.3 is 14.8 Å². The van der Waals surface area contributed by atoms with Gasteiger partial charge in [0.1, 0.15) is 23.9 Å². The number of halogens is 4. The lowest BCUT2D eigenvalue weighted by atomic mass is 10.00. The van der Waals surface area contributed by atoms with Gasteiger partial charge in [0.25, 0.3) is 16.1 Å². The van der Waals surface area contributed by atoms with E-state index in [-0.39, 0.29) is 49.8 Å². The van der Waals surface area contributed by atoms with Crippen LogP contribution in [0.25, 0.3) is 0 Å². The topological polar surface area (TPSA) is 134 Å². The Bertz CT molecular complexity index is 1490. The van der Waals surface area contributed by atoms with E-state index in [2.05, 4.69) is 15.4 Å². The predicted molar refractivity (Wildman–Crippen MR) is 132 cm³/mol. The van der Waals surface area contributed by atoms with Gasteiger partial charge in [0.05, 0.1) is 11.7 Å². The molecule has 216 valence electrons. The Hall–Kier alpha value is -3.34. The number of hydrogen-bond donors (Lipinski definition) is 2. The Labute approximate surface area is 226 Å². The second-order valence-corrected chi connectivity index (χ2v) is 11.6. The fourth-order valence-electron chi connectivity index (χ4n) is 4.96. The van der Waals surface area contributed by atoms with Crippen molar-refractivity contribution in [3.8, 4) is 0 Å². The molecule has 40 heavy (non-hydrogen) atoms. The maximum atomic E-state index is 14.4. The molecule has 11 nitrogen and oxygen atoms in total. The zero-order valence-electron chi connectivity index (χ0n) is 21.2. The Morgan fingerprint density at radius 3 is 2.52 bits per heavy atom. The lowest BCUT2D eigenvalue weighted by molar-refractivity contribution is -0.169. The zero-order chi connectivity index (χ0) is 28.8. The lowest BCUT2D eigenvalue weighted by Gasteiger charge is -2.31. The molecule has 3 aromatic rings. The fraction of sp³-hybridized carbons (Fsp3) is 0.458. The molecule has 2 aliphatic heterocycles. The number of nitrogens with zero attached hydrogens (tertiary/aromatic N) is 5. The smallest absolute Gasteiger partial charge is 0.405 e. The van der Waals surface area contributed by atoms with Crippen LogP contribution in [0, 0.1) is 12.7 Å². The van der Waals surface area contributed by atoms with E-state index in [1.54, 1.807) is 6.92 Å². The van der Waals surface area contributed by atoms with Gasteiger partial charge in [0.2, 0.25) is 5.95 Å². The molecule has 0 aliphatic carbocycles. The Morgan fingerprint density at radius 1 is 1.20 bits per heavy atom. The molecule has 3 atom stereocenters. The molecule has 5 rings (SSSR count). The zero-order valence-corrected chi connectivity index (χ0v) is 22.0. The highest BCUT2D eigenvalue weighted by Crippen LogP contribution is 2.44. The predicted octanol–water partition coefficient (Wildman–Crippen LogP) is 2.65. The second kappa shape index (κ2) is 10.6. The number of rotatable bonds is 7. The van der Waals surface area contributed by atoms with Gasteiger partial charge in [-0.1, -0.05) is 12.1 Å². The van der Waals surface area contributed by atoms with E-state index < -0.39 is 52.7 Å². The summed E-state index contributed by atoms with van der Waals surface area (Å²) in [7, 11) is -4.56. The molecular weight excluding hydrogens is 560 g/mol. The van der Waals surface area contributed by atoms with Crippen molar-refractivity contribution in [3.05, 3.63) is 65.1 Å².